The summed E-state index contributed by atoms with van der Waals surface area (Å²) in [6.45, 7) is 7.12. The molecular weight excluding hydrogens is 256 g/mol. The maximum Gasteiger partial charge on any atom is 0.0595 e. The Hall–Kier alpha value is -1.38. The zero-order valence-corrected chi connectivity index (χ0v) is 12.3. The first-order valence-electron chi connectivity index (χ1n) is 6.53. The summed E-state index contributed by atoms with van der Waals surface area (Å²) in [5.74, 6) is 0. The van der Waals surface area contributed by atoms with E-state index in [2.05, 4.69) is 36.3 Å². The number of aromatic nitrogens is 1. The molecule has 19 heavy (non-hydrogen) atoms. The normalized spacial score (nSPS) is 12.4. The minimum atomic E-state index is 0.136. The summed E-state index contributed by atoms with van der Waals surface area (Å²) in [7, 11) is 0. The molecule has 2 nitrogen and oxygen atoms in total. The van der Waals surface area contributed by atoms with Crippen molar-refractivity contribution in [2.75, 3.05) is 6.54 Å². The summed E-state index contributed by atoms with van der Waals surface area (Å²) in [6, 6.07) is 8.40. The van der Waals surface area contributed by atoms with E-state index in [0.717, 1.165) is 17.1 Å². The van der Waals surface area contributed by atoms with Crippen LogP contribution in [0.3, 0.4) is 0 Å². The van der Waals surface area contributed by atoms with E-state index in [0.29, 0.717) is 0 Å². The van der Waals surface area contributed by atoms with Crippen molar-refractivity contribution in [1.82, 2.24) is 10.3 Å². The minimum absolute atomic E-state index is 0.136. The molecular formula is C16H19ClN2. The van der Waals surface area contributed by atoms with Crippen LogP contribution in [0.1, 0.15) is 35.2 Å². The number of benzene rings is 1. The van der Waals surface area contributed by atoms with Gasteiger partial charge in [0, 0.05) is 17.4 Å². The van der Waals surface area contributed by atoms with Crippen LogP contribution in [0.4, 0.5) is 0 Å². The summed E-state index contributed by atoms with van der Waals surface area (Å²) in [5, 5.41) is 4.31. The number of halogens is 1. The quantitative estimate of drug-likeness (QED) is 0.910. The first-order chi connectivity index (χ1) is 9.13. The van der Waals surface area contributed by atoms with Gasteiger partial charge in [-0.25, -0.2) is 0 Å². The lowest BCUT2D eigenvalue weighted by atomic mass is 9.96. The van der Waals surface area contributed by atoms with Gasteiger partial charge >= 0.3 is 0 Å². The monoisotopic (exact) mass is 274 g/mol. The van der Waals surface area contributed by atoms with Gasteiger partial charge < -0.3 is 5.32 Å². The van der Waals surface area contributed by atoms with Crippen LogP contribution in [0.15, 0.2) is 36.7 Å². The van der Waals surface area contributed by atoms with Gasteiger partial charge in [0.2, 0.25) is 0 Å². The third-order valence-electron chi connectivity index (χ3n) is 3.33. The molecule has 3 heteroatoms. The van der Waals surface area contributed by atoms with Gasteiger partial charge in [-0.15, -0.1) is 0 Å². The van der Waals surface area contributed by atoms with Crippen LogP contribution in [0, 0.1) is 13.8 Å². The molecule has 0 spiro atoms. The maximum absolute atomic E-state index is 6.24. The van der Waals surface area contributed by atoms with Gasteiger partial charge in [-0.1, -0.05) is 30.7 Å². The molecule has 2 aromatic rings. The van der Waals surface area contributed by atoms with Crippen LogP contribution in [0.2, 0.25) is 5.02 Å². The molecule has 1 aromatic carbocycles. The second-order valence-corrected chi connectivity index (χ2v) is 5.14. The van der Waals surface area contributed by atoms with Crippen molar-refractivity contribution < 1.29 is 0 Å². The highest BCUT2D eigenvalue weighted by molar-refractivity contribution is 6.31. The fourth-order valence-electron chi connectivity index (χ4n) is 2.18. The molecule has 0 aliphatic rings. The zero-order valence-electron chi connectivity index (χ0n) is 11.6. The summed E-state index contributed by atoms with van der Waals surface area (Å²) in [6.07, 6.45) is 3.75. The number of hydrogen-bond acceptors (Lipinski definition) is 2. The van der Waals surface area contributed by atoms with Crippen LogP contribution in [-0.4, -0.2) is 11.5 Å². The van der Waals surface area contributed by atoms with Gasteiger partial charge in [0.05, 0.1) is 6.04 Å². The summed E-state index contributed by atoms with van der Waals surface area (Å²) in [5.41, 5.74) is 4.71. The molecule has 0 amide bonds. The molecule has 1 atom stereocenters. The molecule has 0 saturated heterocycles. The lowest BCUT2D eigenvalue weighted by molar-refractivity contribution is 0.625. The van der Waals surface area contributed by atoms with Gasteiger partial charge in [0.1, 0.15) is 0 Å². The molecule has 0 radical (unpaired) electrons. The Bertz CT molecular complexity index is 566. The van der Waals surface area contributed by atoms with E-state index in [-0.39, 0.29) is 6.04 Å². The van der Waals surface area contributed by atoms with Crippen molar-refractivity contribution >= 4 is 11.6 Å². The molecule has 100 valence electrons. The average molecular weight is 275 g/mol. The minimum Gasteiger partial charge on any atom is -0.306 e. The predicted octanol–water partition coefficient (Wildman–Crippen LogP) is 4.05. The fourth-order valence-corrected chi connectivity index (χ4v) is 2.37. The van der Waals surface area contributed by atoms with E-state index < -0.39 is 0 Å². The molecule has 1 aromatic heterocycles. The molecule has 0 aliphatic heterocycles. The highest BCUT2D eigenvalue weighted by Crippen LogP contribution is 2.27. The number of nitrogens with one attached hydrogen (secondary N) is 1. The number of pyridine rings is 1. The second kappa shape index (κ2) is 6.18. The Morgan fingerprint density at radius 1 is 1.21 bits per heavy atom. The Morgan fingerprint density at radius 2 is 2.00 bits per heavy atom. The van der Waals surface area contributed by atoms with E-state index >= 15 is 0 Å². The van der Waals surface area contributed by atoms with Crippen LogP contribution in [0.25, 0.3) is 0 Å². The van der Waals surface area contributed by atoms with Crippen molar-refractivity contribution in [3.05, 3.63) is 63.9 Å². The van der Waals surface area contributed by atoms with Crippen molar-refractivity contribution in [1.29, 1.82) is 0 Å². The predicted molar refractivity (Wildman–Crippen MR) is 80.7 cm³/mol. The summed E-state index contributed by atoms with van der Waals surface area (Å²) in [4.78, 5) is 4.24. The van der Waals surface area contributed by atoms with E-state index in [1.165, 1.54) is 16.7 Å². The largest absolute Gasteiger partial charge is 0.306 e. The fraction of sp³-hybridized carbons (Fsp3) is 0.312. The topological polar surface area (TPSA) is 24.9 Å². The van der Waals surface area contributed by atoms with Crippen LogP contribution < -0.4 is 5.32 Å². The Balaban J connectivity index is 2.45. The molecule has 1 heterocycles. The van der Waals surface area contributed by atoms with Crippen LogP contribution >= 0.6 is 11.6 Å². The zero-order chi connectivity index (χ0) is 13.8. The molecule has 2 rings (SSSR count). The van der Waals surface area contributed by atoms with Crippen molar-refractivity contribution in [3.63, 3.8) is 0 Å². The van der Waals surface area contributed by atoms with E-state index in [4.69, 9.17) is 11.6 Å². The molecule has 0 saturated carbocycles. The van der Waals surface area contributed by atoms with E-state index in [9.17, 15) is 0 Å². The highest BCUT2D eigenvalue weighted by Gasteiger charge is 2.15. The lowest BCUT2D eigenvalue weighted by Gasteiger charge is -2.21. The first kappa shape index (κ1) is 14.0. The third-order valence-corrected chi connectivity index (χ3v) is 3.74. The first-order valence-corrected chi connectivity index (χ1v) is 6.91. The summed E-state index contributed by atoms with van der Waals surface area (Å²) >= 11 is 6.24. The average Bonchev–Trinajstić information content (AvgIpc) is 2.40. The highest BCUT2D eigenvalue weighted by atomic mass is 35.5. The maximum atomic E-state index is 6.24. The van der Waals surface area contributed by atoms with Crippen molar-refractivity contribution in [2.45, 2.75) is 26.8 Å². The standard InChI is InChI=1S/C16H19ClN2/c1-4-19-16(14-10-18-8-7-11(14)2)13-6-5-12(3)15(17)9-13/h5-10,16,19H,4H2,1-3H3. The van der Waals surface area contributed by atoms with Gasteiger partial charge in [-0.05, 0) is 54.8 Å². The van der Waals surface area contributed by atoms with Crippen molar-refractivity contribution in [3.8, 4) is 0 Å². The molecule has 1 N–H and O–H groups in total. The van der Waals surface area contributed by atoms with Crippen molar-refractivity contribution in [2.24, 2.45) is 0 Å². The van der Waals surface area contributed by atoms with Crippen LogP contribution in [-0.2, 0) is 0 Å². The SMILES string of the molecule is CCNC(c1ccc(C)c(Cl)c1)c1cnccc1C. The number of nitrogens with zero attached hydrogens (tertiary/aromatic N) is 1. The molecule has 0 fully saturated rings. The van der Waals surface area contributed by atoms with Gasteiger partial charge in [-0.2, -0.15) is 0 Å². The Morgan fingerprint density at radius 3 is 2.63 bits per heavy atom. The molecule has 1 unspecified atom stereocenters. The third kappa shape index (κ3) is 3.14. The van der Waals surface area contributed by atoms with E-state index in [1.54, 1.807) is 0 Å². The molecule has 0 bridgehead atoms. The van der Waals surface area contributed by atoms with E-state index in [1.807, 2.05) is 31.5 Å². The smallest absolute Gasteiger partial charge is 0.0595 e. The van der Waals surface area contributed by atoms with Gasteiger partial charge in [0.25, 0.3) is 0 Å². The lowest BCUT2D eigenvalue weighted by Crippen LogP contribution is -2.23. The summed E-state index contributed by atoms with van der Waals surface area (Å²) < 4.78 is 0. The molecule has 0 aliphatic carbocycles. The van der Waals surface area contributed by atoms with Gasteiger partial charge in [0.15, 0.2) is 0 Å². The number of hydrogen-bond donors (Lipinski definition) is 1. The van der Waals surface area contributed by atoms with Crippen LogP contribution in [0.5, 0.6) is 0 Å². The number of rotatable bonds is 4. The number of aryl methyl sites for hydroxylation is 2. The Kier molecular flexibility index (Phi) is 4.56. The second-order valence-electron chi connectivity index (χ2n) is 4.73. The van der Waals surface area contributed by atoms with Gasteiger partial charge in [-0.3, -0.25) is 4.98 Å². The Labute approximate surface area is 119 Å².